The average molecular weight is 575 g/mol. The minimum Gasteiger partial charge on any atom is -0.497 e. The Kier molecular flexibility index (Phi) is 9.86. The van der Waals surface area contributed by atoms with E-state index >= 15 is 0 Å². The highest BCUT2D eigenvalue weighted by Crippen LogP contribution is 2.20. The minimum absolute atomic E-state index is 0. The van der Waals surface area contributed by atoms with Crippen molar-refractivity contribution in [3.63, 3.8) is 0 Å². The Morgan fingerprint density at radius 2 is 1.77 bits per heavy atom. The summed E-state index contributed by atoms with van der Waals surface area (Å²) in [5, 5.41) is 16.1. The summed E-state index contributed by atoms with van der Waals surface area (Å²) in [4.78, 5) is 4.69. The number of benzene rings is 2. The molecule has 0 amide bonds. The van der Waals surface area contributed by atoms with Crippen LogP contribution in [0, 0.1) is 6.92 Å². The first-order chi connectivity index (χ1) is 14.5. The van der Waals surface area contributed by atoms with E-state index in [0.29, 0.717) is 35.6 Å². The van der Waals surface area contributed by atoms with Crippen LogP contribution < -0.4 is 15.4 Å². The molecule has 0 aliphatic carbocycles. The van der Waals surface area contributed by atoms with Crippen molar-refractivity contribution >= 4 is 53.1 Å². The van der Waals surface area contributed by atoms with Crippen molar-refractivity contribution in [1.29, 1.82) is 0 Å². The van der Waals surface area contributed by atoms with Gasteiger partial charge in [-0.3, -0.25) is 0 Å². The van der Waals surface area contributed by atoms with Crippen LogP contribution in [0.5, 0.6) is 5.75 Å². The maximum atomic E-state index is 6.29. The standard InChI is InChI=1S/C21H24Cl2N6O.HI/c1-14-27-28-20(29(14)2)13-26-21(24-11-15-4-8-18(30-3)9-5-15)25-12-16-6-7-17(22)10-19(16)23;/h4-10H,11-13H2,1-3H3,(H2,24,25,26);1H. The number of halogens is 3. The Labute approximate surface area is 209 Å². The summed E-state index contributed by atoms with van der Waals surface area (Å²) in [6.07, 6.45) is 0. The molecule has 0 saturated heterocycles. The summed E-state index contributed by atoms with van der Waals surface area (Å²) in [6, 6.07) is 13.2. The second-order valence-electron chi connectivity index (χ2n) is 6.68. The number of nitrogens with zero attached hydrogens (tertiary/aromatic N) is 4. The van der Waals surface area contributed by atoms with Gasteiger partial charge in [-0.25, -0.2) is 4.99 Å². The molecule has 1 aromatic heterocycles. The van der Waals surface area contributed by atoms with Gasteiger partial charge in [-0.15, -0.1) is 34.2 Å². The zero-order chi connectivity index (χ0) is 21.5. The molecule has 0 fully saturated rings. The lowest BCUT2D eigenvalue weighted by Gasteiger charge is -2.14. The Morgan fingerprint density at radius 1 is 1.06 bits per heavy atom. The van der Waals surface area contributed by atoms with Crippen LogP contribution in [0.15, 0.2) is 47.5 Å². The number of aryl methyl sites for hydroxylation is 1. The molecule has 3 rings (SSSR count). The maximum Gasteiger partial charge on any atom is 0.192 e. The summed E-state index contributed by atoms with van der Waals surface area (Å²) in [7, 11) is 3.58. The van der Waals surface area contributed by atoms with Crippen LogP contribution in [0.25, 0.3) is 0 Å². The Bertz CT molecular complexity index is 1020. The second kappa shape index (κ2) is 12.1. The fraction of sp³-hybridized carbons (Fsp3) is 0.286. The second-order valence-corrected chi connectivity index (χ2v) is 7.52. The monoisotopic (exact) mass is 574 g/mol. The first-order valence-corrected chi connectivity index (χ1v) is 10.2. The number of rotatable bonds is 7. The Hall–Kier alpha value is -2.04. The highest BCUT2D eigenvalue weighted by molar-refractivity contribution is 14.0. The Morgan fingerprint density at radius 3 is 2.39 bits per heavy atom. The van der Waals surface area contributed by atoms with Crippen LogP contribution in [-0.2, 0) is 26.7 Å². The van der Waals surface area contributed by atoms with Gasteiger partial charge in [0.05, 0.1) is 20.2 Å². The van der Waals surface area contributed by atoms with Gasteiger partial charge >= 0.3 is 0 Å². The molecule has 0 aliphatic rings. The van der Waals surface area contributed by atoms with E-state index in [1.807, 2.05) is 54.9 Å². The molecule has 0 unspecified atom stereocenters. The first kappa shape index (κ1) is 25.2. The molecule has 0 saturated carbocycles. The molecule has 31 heavy (non-hydrogen) atoms. The van der Waals surface area contributed by atoms with Crippen molar-refractivity contribution in [2.45, 2.75) is 26.6 Å². The molecule has 0 spiro atoms. The number of aliphatic imine (C=N–C) groups is 1. The molecule has 166 valence electrons. The predicted octanol–water partition coefficient (Wildman–Crippen LogP) is 4.49. The van der Waals surface area contributed by atoms with Gasteiger partial charge < -0.3 is 19.9 Å². The van der Waals surface area contributed by atoms with Gasteiger partial charge in [0.15, 0.2) is 11.8 Å². The third-order valence-electron chi connectivity index (χ3n) is 4.64. The van der Waals surface area contributed by atoms with Crippen LogP contribution >= 0.6 is 47.2 Å². The average Bonchev–Trinajstić information content (AvgIpc) is 3.06. The zero-order valence-electron chi connectivity index (χ0n) is 17.5. The normalized spacial score (nSPS) is 11.1. The van der Waals surface area contributed by atoms with Crippen molar-refractivity contribution in [2.75, 3.05) is 7.11 Å². The number of guanidine groups is 1. The van der Waals surface area contributed by atoms with Crippen molar-refractivity contribution < 1.29 is 4.74 Å². The zero-order valence-corrected chi connectivity index (χ0v) is 21.4. The molecule has 0 aliphatic heterocycles. The van der Waals surface area contributed by atoms with Crippen molar-refractivity contribution in [2.24, 2.45) is 12.0 Å². The molecule has 0 atom stereocenters. The predicted molar refractivity (Wildman–Crippen MR) is 135 cm³/mol. The molecule has 2 aromatic carbocycles. The van der Waals surface area contributed by atoms with Crippen LogP contribution in [0.3, 0.4) is 0 Å². The number of hydrogen-bond donors (Lipinski definition) is 2. The molecule has 10 heteroatoms. The topological polar surface area (TPSA) is 76.4 Å². The fourth-order valence-corrected chi connectivity index (χ4v) is 3.16. The number of nitrogens with one attached hydrogen (secondary N) is 2. The SMILES string of the molecule is COc1ccc(CN=C(NCc2ccc(Cl)cc2Cl)NCc2nnc(C)n2C)cc1.I. The molecule has 7 nitrogen and oxygen atoms in total. The molecule has 1 heterocycles. The molecule has 0 radical (unpaired) electrons. The first-order valence-electron chi connectivity index (χ1n) is 9.40. The lowest BCUT2D eigenvalue weighted by Crippen LogP contribution is -2.37. The summed E-state index contributed by atoms with van der Waals surface area (Å²) in [5.74, 6) is 3.12. The fourth-order valence-electron chi connectivity index (χ4n) is 2.69. The lowest BCUT2D eigenvalue weighted by atomic mass is 10.2. The minimum atomic E-state index is 0. The van der Waals surface area contributed by atoms with Crippen molar-refractivity contribution in [3.05, 3.63) is 75.3 Å². The summed E-state index contributed by atoms with van der Waals surface area (Å²) < 4.78 is 7.14. The number of methoxy groups -OCH3 is 1. The number of ether oxygens (including phenoxy) is 1. The van der Waals surface area contributed by atoms with Gasteiger partial charge in [0.25, 0.3) is 0 Å². The smallest absolute Gasteiger partial charge is 0.192 e. The Balaban J connectivity index is 0.00000341. The maximum absolute atomic E-state index is 6.29. The van der Waals surface area contributed by atoms with Crippen LogP contribution in [0.2, 0.25) is 10.0 Å². The highest BCUT2D eigenvalue weighted by Gasteiger charge is 2.08. The van der Waals surface area contributed by atoms with Crippen molar-refractivity contribution in [1.82, 2.24) is 25.4 Å². The van der Waals surface area contributed by atoms with E-state index in [-0.39, 0.29) is 24.0 Å². The molecule has 0 bridgehead atoms. The third kappa shape index (κ3) is 7.26. The largest absolute Gasteiger partial charge is 0.497 e. The lowest BCUT2D eigenvalue weighted by molar-refractivity contribution is 0.414. The van der Waals surface area contributed by atoms with Gasteiger partial charge in [0.1, 0.15) is 11.6 Å². The third-order valence-corrected chi connectivity index (χ3v) is 5.22. The van der Waals surface area contributed by atoms with E-state index in [0.717, 1.165) is 28.5 Å². The number of aromatic nitrogens is 3. The van der Waals surface area contributed by atoms with Crippen LogP contribution in [0.1, 0.15) is 22.8 Å². The van der Waals surface area contributed by atoms with E-state index < -0.39 is 0 Å². The van der Waals surface area contributed by atoms with Crippen molar-refractivity contribution in [3.8, 4) is 5.75 Å². The van der Waals surface area contributed by atoms with E-state index in [1.54, 1.807) is 13.2 Å². The summed E-state index contributed by atoms with van der Waals surface area (Å²) in [5.41, 5.74) is 1.99. The van der Waals surface area contributed by atoms with Crippen LogP contribution in [0.4, 0.5) is 0 Å². The molecular formula is C21H25Cl2IN6O. The molecule has 3 aromatic rings. The van der Waals surface area contributed by atoms with E-state index in [1.165, 1.54) is 0 Å². The summed E-state index contributed by atoms with van der Waals surface area (Å²) in [6.45, 7) is 3.41. The van der Waals surface area contributed by atoms with Gasteiger partial charge in [0.2, 0.25) is 0 Å². The van der Waals surface area contributed by atoms with Gasteiger partial charge in [0, 0.05) is 23.6 Å². The molecule has 2 N–H and O–H groups in total. The van der Waals surface area contributed by atoms with E-state index in [9.17, 15) is 0 Å². The van der Waals surface area contributed by atoms with E-state index in [2.05, 4.69) is 20.8 Å². The highest BCUT2D eigenvalue weighted by atomic mass is 127. The molecular weight excluding hydrogens is 550 g/mol. The van der Waals surface area contributed by atoms with Gasteiger partial charge in [-0.05, 0) is 42.3 Å². The number of hydrogen-bond acceptors (Lipinski definition) is 4. The van der Waals surface area contributed by atoms with Gasteiger partial charge in [-0.1, -0.05) is 41.4 Å². The quantitative estimate of drug-likeness (QED) is 0.247. The summed E-state index contributed by atoms with van der Waals surface area (Å²) >= 11 is 12.3. The van der Waals surface area contributed by atoms with E-state index in [4.69, 9.17) is 32.9 Å². The van der Waals surface area contributed by atoms with Gasteiger partial charge in [-0.2, -0.15) is 0 Å². The van der Waals surface area contributed by atoms with Crippen LogP contribution in [-0.4, -0.2) is 27.8 Å².